The van der Waals surface area contributed by atoms with Gasteiger partial charge in [0.1, 0.15) is 17.8 Å². The van der Waals surface area contributed by atoms with E-state index in [1.807, 2.05) is 18.2 Å². The predicted octanol–water partition coefficient (Wildman–Crippen LogP) is 3.41. The van der Waals surface area contributed by atoms with Gasteiger partial charge in [-0.15, -0.1) is 0 Å². The highest BCUT2D eigenvalue weighted by Gasteiger charge is 2.23. The summed E-state index contributed by atoms with van der Waals surface area (Å²) >= 11 is 6.23. The quantitative estimate of drug-likeness (QED) is 0.788. The van der Waals surface area contributed by atoms with Crippen molar-refractivity contribution >= 4 is 28.5 Å². The lowest BCUT2D eigenvalue weighted by Crippen LogP contribution is -2.38. The molecule has 0 saturated heterocycles. The highest BCUT2D eigenvalue weighted by Crippen LogP contribution is 2.31. The Bertz CT molecular complexity index is 721. The minimum Gasteiger partial charge on any atom is -0.444 e. The first-order valence-electron chi connectivity index (χ1n) is 7.69. The topological polar surface area (TPSA) is 78.8 Å². The smallest absolute Gasteiger partial charge is 0.407 e. The van der Waals surface area contributed by atoms with Crippen LogP contribution in [-0.2, 0) is 4.74 Å². The Morgan fingerprint density at radius 1 is 1.21 bits per heavy atom. The average molecular weight is 352 g/mol. The first kappa shape index (κ1) is 18.5. The first-order valence-corrected chi connectivity index (χ1v) is 8.07. The molecule has 0 saturated carbocycles. The minimum atomic E-state index is -1.20. The second-order valence-electron chi connectivity index (χ2n) is 6.58. The van der Waals surface area contributed by atoms with Crippen LogP contribution in [0, 0.1) is 0 Å². The van der Waals surface area contributed by atoms with E-state index in [9.17, 15) is 15.0 Å². The lowest BCUT2D eigenvalue weighted by atomic mass is 9.97. The van der Waals surface area contributed by atoms with Crippen molar-refractivity contribution in [3.63, 3.8) is 0 Å². The van der Waals surface area contributed by atoms with Crippen LogP contribution >= 0.6 is 11.6 Å². The van der Waals surface area contributed by atoms with Gasteiger partial charge >= 0.3 is 6.09 Å². The number of hydrogen-bond donors (Lipinski definition) is 3. The molecule has 130 valence electrons. The highest BCUT2D eigenvalue weighted by atomic mass is 35.5. The number of halogens is 1. The van der Waals surface area contributed by atoms with Gasteiger partial charge in [0.15, 0.2) is 0 Å². The maximum atomic E-state index is 11.6. The number of ether oxygens (including phenoxy) is 1. The van der Waals surface area contributed by atoms with E-state index < -0.39 is 23.9 Å². The maximum Gasteiger partial charge on any atom is 0.407 e. The van der Waals surface area contributed by atoms with Crippen LogP contribution in [0.3, 0.4) is 0 Å². The van der Waals surface area contributed by atoms with Gasteiger partial charge in [0.25, 0.3) is 0 Å². The van der Waals surface area contributed by atoms with E-state index >= 15 is 0 Å². The van der Waals surface area contributed by atoms with Gasteiger partial charge in [-0.1, -0.05) is 41.9 Å². The zero-order valence-corrected chi connectivity index (χ0v) is 14.7. The molecule has 1 amide bonds. The van der Waals surface area contributed by atoms with Gasteiger partial charge in [0, 0.05) is 17.0 Å². The fraction of sp³-hybridized carbons (Fsp3) is 0.389. The molecule has 0 radical (unpaired) electrons. The molecule has 3 N–H and O–H groups in total. The Kier molecular flexibility index (Phi) is 5.70. The summed E-state index contributed by atoms with van der Waals surface area (Å²) in [6.07, 6.45) is -3.03. The SMILES string of the molecule is CC(C)(C)OC(=O)NCC(O)C(O)c1cccc2cccc(Cl)c12. The van der Waals surface area contributed by atoms with Crippen molar-refractivity contribution in [2.45, 2.75) is 38.6 Å². The summed E-state index contributed by atoms with van der Waals surface area (Å²) in [5.41, 5.74) is -0.117. The molecule has 0 heterocycles. The molecule has 2 aromatic rings. The molecule has 0 aliphatic carbocycles. The second-order valence-corrected chi connectivity index (χ2v) is 6.99. The number of amides is 1. The summed E-state index contributed by atoms with van der Waals surface area (Å²) in [6.45, 7) is 5.10. The number of benzene rings is 2. The largest absolute Gasteiger partial charge is 0.444 e. The summed E-state index contributed by atoms with van der Waals surface area (Å²) in [6, 6.07) is 10.8. The van der Waals surface area contributed by atoms with Gasteiger partial charge in [-0.05, 0) is 37.8 Å². The molecular weight excluding hydrogens is 330 g/mol. The highest BCUT2D eigenvalue weighted by molar-refractivity contribution is 6.35. The molecule has 0 aromatic heterocycles. The molecule has 5 nitrogen and oxygen atoms in total. The van der Waals surface area contributed by atoms with Crippen LogP contribution in [0.2, 0.25) is 5.02 Å². The fourth-order valence-electron chi connectivity index (χ4n) is 2.39. The number of nitrogens with one attached hydrogen (secondary N) is 1. The maximum absolute atomic E-state index is 11.6. The molecule has 2 aromatic carbocycles. The van der Waals surface area contributed by atoms with Gasteiger partial charge in [0.05, 0.1) is 0 Å². The number of hydrogen-bond acceptors (Lipinski definition) is 4. The van der Waals surface area contributed by atoms with Crippen LogP contribution in [0.25, 0.3) is 10.8 Å². The lowest BCUT2D eigenvalue weighted by Gasteiger charge is -2.23. The van der Waals surface area contributed by atoms with Gasteiger partial charge < -0.3 is 20.3 Å². The molecule has 2 atom stereocenters. The number of rotatable bonds is 4. The van der Waals surface area contributed by atoms with Crippen molar-refractivity contribution in [2.75, 3.05) is 6.54 Å². The number of aliphatic hydroxyl groups excluding tert-OH is 2. The van der Waals surface area contributed by atoms with Gasteiger partial charge in [-0.25, -0.2) is 4.79 Å². The molecule has 2 unspecified atom stereocenters. The molecule has 6 heteroatoms. The van der Waals surface area contributed by atoms with Crippen LogP contribution < -0.4 is 5.32 Å². The van der Waals surface area contributed by atoms with E-state index in [-0.39, 0.29) is 6.54 Å². The lowest BCUT2D eigenvalue weighted by molar-refractivity contribution is 0.0136. The molecule has 0 aliphatic heterocycles. The van der Waals surface area contributed by atoms with E-state index in [1.165, 1.54) is 0 Å². The summed E-state index contributed by atoms with van der Waals surface area (Å²) in [4.78, 5) is 11.6. The zero-order chi connectivity index (χ0) is 17.9. The van der Waals surface area contributed by atoms with Gasteiger partial charge in [-0.3, -0.25) is 0 Å². The molecular formula is C18H22ClNO4. The summed E-state index contributed by atoms with van der Waals surface area (Å²) in [5, 5.41) is 25.2. The number of aliphatic hydroxyl groups is 2. The summed E-state index contributed by atoms with van der Waals surface area (Å²) in [5.74, 6) is 0. The van der Waals surface area contributed by atoms with E-state index in [0.717, 1.165) is 5.39 Å². The number of carbonyl (C=O) groups excluding carboxylic acids is 1. The third-order valence-electron chi connectivity index (χ3n) is 3.42. The fourth-order valence-corrected chi connectivity index (χ4v) is 2.68. The van der Waals surface area contributed by atoms with Crippen LogP contribution in [0.1, 0.15) is 32.4 Å². The van der Waals surface area contributed by atoms with Crippen molar-refractivity contribution in [3.05, 3.63) is 47.0 Å². The third-order valence-corrected chi connectivity index (χ3v) is 3.74. The molecule has 0 spiro atoms. The number of carbonyl (C=O) groups is 1. The van der Waals surface area contributed by atoms with Crippen LogP contribution in [0.5, 0.6) is 0 Å². The molecule has 0 bridgehead atoms. The Morgan fingerprint density at radius 3 is 2.46 bits per heavy atom. The third kappa shape index (κ3) is 4.60. The Hall–Kier alpha value is -1.82. The number of alkyl carbamates (subject to hydrolysis) is 1. The van der Waals surface area contributed by atoms with Crippen LogP contribution in [-0.4, -0.2) is 34.6 Å². The van der Waals surface area contributed by atoms with E-state index in [1.54, 1.807) is 39.0 Å². The molecule has 0 fully saturated rings. The normalized spacial score (nSPS) is 14.2. The van der Waals surface area contributed by atoms with Crippen molar-refractivity contribution in [1.29, 1.82) is 0 Å². The Balaban J connectivity index is 2.11. The van der Waals surface area contributed by atoms with E-state index in [2.05, 4.69) is 5.32 Å². The minimum absolute atomic E-state index is 0.142. The standard InChI is InChI=1S/C18H22ClNO4/c1-18(2,3)24-17(23)20-10-14(21)16(22)12-8-4-6-11-7-5-9-13(19)15(11)12/h4-9,14,16,21-22H,10H2,1-3H3,(H,20,23). The van der Waals surface area contributed by atoms with E-state index in [0.29, 0.717) is 16.0 Å². The Labute approximate surface area is 146 Å². The first-order chi connectivity index (χ1) is 11.2. The van der Waals surface area contributed by atoms with Crippen molar-refractivity contribution < 1.29 is 19.7 Å². The van der Waals surface area contributed by atoms with Crippen molar-refractivity contribution in [2.24, 2.45) is 0 Å². The predicted molar refractivity (Wildman–Crippen MR) is 94.2 cm³/mol. The second kappa shape index (κ2) is 7.38. The monoisotopic (exact) mass is 351 g/mol. The molecule has 0 aliphatic rings. The van der Waals surface area contributed by atoms with Crippen molar-refractivity contribution in [3.8, 4) is 0 Å². The van der Waals surface area contributed by atoms with Crippen LogP contribution in [0.15, 0.2) is 36.4 Å². The molecule has 24 heavy (non-hydrogen) atoms. The van der Waals surface area contributed by atoms with Gasteiger partial charge in [0.2, 0.25) is 0 Å². The summed E-state index contributed by atoms with van der Waals surface area (Å²) in [7, 11) is 0. The summed E-state index contributed by atoms with van der Waals surface area (Å²) < 4.78 is 5.10. The van der Waals surface area contributed by atoms with Crippen molar-refractivity contribution in [1.82, 2.24) is 5.32 Å². The Morgan fingerprint density at radius 2 is 1.83 bits per heavy atom. The average Bonchev–Trinajstić information content (AvgIpc) is 2.50. The van der Waals surface area contributed by atoms with Crippen LogP contribution in [0.4, 0.5) is 4.79 Å². The molecule has 2 rings (SSSR count). The number of fused-ring (bicyclic) bond motifs is 1. The van der Waals surface area contributed by atoms with Gasteiger partial charge in [-0.2, -0.15) is 0 Å². The zero-order valence-electron chi connectivity index (χ0n) is 13.9. The van der Waals surface area contributed by atoms with E-state index in [4.69, 9.17) is 16.3 Å².